The molecule has 0 radical (unpaired) electrons. The third-order valence-corrected chi connectivity index (χ3v) is 3.09. The summed E-state index contributed by atoms with van der Waals surface area (Å²) in [6, 6.07) is 6.76. The van der Waals surface area contributed by atoms with Crippen LogP contribution in [-0.4, -0.2) is 18.3 Å². The fraction of sp³-hybridized carbons (Fsp3) is 0.500. The molecule has 0 spiro atoms. The van der Waals surface area contributed by atoms with Crippen molar-refractivity contribution >= 4 is 11.8 Å². The fourth-order valence-corrected chi connectivity index (χ4v) is 2.30. The average Bonchev–Trinajstić information content (AvgIpc) is 2.18. The van der Waals surface area contributed by atoms with Crippen LogP contribution in [0.15, 0.2) is 29.2 Å². The molecule has 0 fully saturated rings. The molecule has 0 heterocycles. The molecular weight excluding hydrogens is 209 g/mol. The van der Waals surface area contributed by atoms with Gasteiger partial charge in [0.2, 0.25) is 0 Å². The van der Waals surface area contributed by atoms with E-state index in [9.17, 15) is 4.39 Å². The Kier molecular flexibility index (Phi) is 5.73. The monoisotopic (exact) mass is 227 g/mol. The van der Waals surface area contributed by atoms with Crippen LogP contribution in [0.5, 0.6) is 0 Å². The molecule has 0 saturated carbocycles. The predicted molar refractivity (Wildman–Crippen MR) is 64.9 cm³/mol. The summed E-state index contributed by atoms with van der Waals surface area (Å²) in [5.74, 6) is -0.159. The second-order valence-corrected chi connectivity index (χ2v) is 5.10. The van der Waals surface area contributed by atoms with E-state index in [1.807, 2.05) is 6.07 Å². The van der Waals surface area contributed by atoms with E-state index < -0.39 is 0 Å². The topological polar surface area (TPSA) is 12.0 Å². The zero-order valence-corrected chi connectivity index (χ0v) is 10.1. The highest BCUT2D eigenvalue weighted by Crippen LogP contribution is 2.23. The molecule has 0 saturated heterocycles. The Morgan fingerprint density at radius 1 is 1.47 bits per heavy atom. The van der Waals surface area contributed by atoms with Crippen molar-refractivity contribution in [1.29, 1.82) is 0 Å². The molecule has 0 aliphatic heterocycles. The number of nitrogens with one attached hydrogen (secondary N) is 1. The van der Waals surface area contributed by atoms with Crippen molar-refractivity contribution in [3.63, 3.8) is 0 Å². The third kappa shape index (κ3) is 5.19. The lowest BCUT2D eigenvalue weighted by molar-refractivity contribution is 0.624. The van der Waals surface area contributed by atoms with Crippen LogP contribution in [0.4, 0.5) is 4.39 Å². The zero-order valence-electron chi connectivity index (χ0n) is 9.29. The van der Waals surface area contributed by atoms with Gasteiger partial charge in [-0.2, -0.15) is 0 Å². The quantitative estimate of drug-likeness (QED) is 0.591. The minimum atomic E-state index is -0.159. The SMILES string of the molecule is CCCNCC(C)Sc1cccc(F)c1. The largest absolute Gasteiger partial charge is 0.316 e. The third-order valence-electron chi connectivity index (χ3n) is 1.99. The van der Waals surface area contributed by atoms with Gasteiger partial charge in [-0.05, 0) is 31.2 Å². The van der Waals surface area contributed by atoms with Crippen LogP contribution >= 0.6 is 11.8 Å². The molecule has 1 rings (SSSR count). The van der Waals surface area contributed by atoms with Crippen molar-refractivity contribution in [1.82, 2.24) is 5.32 Å². The first-order valence-electron chi connectivity index (χ1n) is 5.35. The highest BCUT2D eigenvalue weighted by Gasteiger charge is 2.04. The van der Waals surface area contributed by atoms with Crippen LogP contribution < -0.4 is 5.32 Å². The summed E-state index contributed by atoms with van der Waals surface area (Å²) >= 11 is 1.71. The highest BCUT2D eigenvalue weighted by atomic mass is 32.2. The standard InChI is InChI=1S/C12H18FNS/c1-3-7-14-9-10(2)15-12-6-4-5-11(13)8-12/h4-6,8,10,14H,3,7,9H2,1-2H3. The summed E-state index contributed by atoms with van der Waals surface area (Å²) in [6.07, 6.45) is 1.15. The lowest BCUT2D eigenvalue weighted by Crippen LogP contribution is -2.23. The predicted octanol–water partition coefficient (Wildman–Crippen LogP) is 3.31. The van der Waals surface area contributed by atoms with E-state index in [1.54, 1.807) is 23.9 Å². The molecule has 1 nitrogen and oxygen atoms in total. The van der Waals surface area contributed by atoms with Crippen LogP contribution in [0, 0.1) is 5.82 Å². The van der Waals surface area contributed by atoms with Gasteiger partial charge in [0.1, 0.15) is 5.82 Å². The first-order valence-corrected chi connectivity index (χ1v) is 6.23. The molecule has 1 atom stereocenters. The minimum absolute atomic E-state index is 0.159. The van der Waals surface area contributed by atoms with E-state index in [-0.39, 0.29) is 5.82 Å². The Morgan fingerprint density at radius 3 is 2.93 bits per heavy atom. The van der Waals surface area contributed by atoms with E-state index in [0.29, 0.717) is 5.25 Å². The Labute approximate surface area is 95.5 Å². The number of halogens is 1. The molecule has 15 heavy (non-hydrogen) atoms. The number of thioether (sulfide) groups is 1. The molecule has 0 aliphatic carbocycles. The van der Waals surface area contributed by atoms with E-state index in [0.717, 1.165) is 24.4 Å². The van der Waals surface area contributed by atoms with Gasteiger partial charge in [0.25, 0.3) is 0 Å². The molecule has 0 aliphatic rings. The second kappa shape index (κ2) is 6.85. The molecule has 1 N–H and O–H groups in total. The Hall–Kier alpha value is -0.540. The van der Waals surface area contributed by atoms with E-state index in [4.69, 9.17) is 0 Å². The van der Waals surface area contributed by atoms with Gasteiger partial charge >= 0.3 is 0 Å². The van der Waals surface area contributed by atoms with E-state index >= 15 is 0 Å². The Balaban J connectivity index is 2.34. The molecule has 1 aromatic carbocycles. The van der Waals surface area contributed by atoms with Crippen molar-refractivity contribution in [3.05, 3.63) is 30.1 Å². The lowest BCUT2D eigenvalue weighted by Gasteiger charge is -2.11. The van der Waals surface area contributed by atoms with Crippen LogP contribution in [0.3, 0.4) is 0 Å². The average molecular weight is 227 g/mol. The van der Waals surface area contributed by atoms with Crippen molar-refractivity contribution in [2.24, 2.45) is 0 Å². The number of rotatable bonds is 6. The summed E-state index contributed by atoms with van der Waals surface area (Å²) in [4.78, 5) is 1.00. The lowest BCUT2D eigenvalue weighted by atomic mass is 10.3. The molecule has 0 amide bonds. The summed E-state index contributed by atoms with van der Waals surface area (Å²) < 4.78 is 12.9. The maximum absolute atomic E-state index is 12.9. The van der Waals surface area contributed by atoms with Crippen molar-refractivity contribution in [2.75, 3.05) is 13.1 Å². The van der Waals surface area contributed by atoms with Gasteiger partial charge < -0.3 is 5.32 Å². The Bertz CT molecular complexity index is 291. The smallest absolute Gasteiger partial charge is 0.124 e. The fourth-order valence-electron chi connectivity index (χ4n) is 1.30. The van der Waals surface area contributed by atoms with Gasteiger partial charge in [-0.25, -0.2) is 4.39 Å². The van der Waals surface area contributed by atoms with Crippen LogP contribution in [0.2, 0.25) is 0 Å². The van der Waals surface area contributed by atoms with Crippen molar-refractivity contribution in [3.8, 4) is 0 Å². The molecular formula is C12H18FNS. The normalized spacial score (nSPS) is 12.7. The first kappa shape index (κ1) is 12.5. The van der Waals surface area contributed by atoms with Gasteiger partial charge in [-0.1, -0.05) is 19.9 Å². The number of hydrogen-bond donors (Lipinski definition) is 1. The maximum atomic E-state index is 12.9. The zero-order chi connectivity index (χ0) is 11.1. The van der Waals surface area contributed by atoms with Crippen LogP contribution in [0.25, 0.3) is 0 Å². The number of benzene rings is 1. The van der Waals surface area contributed by atoms with Crippen LogP contribution in [0.1, 0.15) is 20.3 Å². The summed E-state index contributed by atoms with van der Waals surface area (Å²) in [6.45, 7) is 6.32. The summed E-state index contributed by atoms with van der Waals surface area (Å²) in [5.41, 5.74) is 0. The minimum Gasteiger partial charge on any atom is -0.316 e. The summed E-state index contributed by atoms with van der Waals surface area (Å²) in [5, 5.41) is 3.83. The Morgan fingerprint density at radius 2 is 2.27 bits per heavy atom. The molecule has 0 bridgehead atoms. The van der Waals surface area contributed by atoms with Gasteiger partial charge in [-0.15, -0.1) is 11.8 Å². The van der Waals surface area contributed by atoms with Gasteiger partial charge in [0, 0.05) is 16.7 Å². The molecule has 1 unspecified atom stereocenters. The highest BCUT2D eigenvalue weighted by molar-refractivity contribution is 8.00. The maximum Gasteiger partial charge on any atom is 0.124 e. The molecule has 84 valence electrons. The van der Waals surface area contributed by atoms with Gasteiger partial charge in [0.05, 0.1) is 0 Å². The van der Waals surface area contributed by atoms with Crippen LogP contribution in [-0.2, 0) is 0 Å². The van der Waals surface area contributed by atoms with Crippen molar-refractivity contribution in [2.45, 2.75) is 30.4 Å². The number of hydrogen-bond acceptors (Lipinski definition) is 2. The summed E-state index contributed by atoms with van der Waals surface area (Å²) in [7, 11) is 0. The molecule has 3 heteroatoms. The second-order valence-electron chi connectivity index (χ2n) is 3.59. The molecule has 0 aromatic heterocycles. The van der Waals surface area contributed by atoms with E-state index in [1.165, 1.54) is 6.07 Å². The molecule has 1 aromatic rings. The van der Waals surface area contributed by atoms with Crippen molar-refractivity contribution < 1.29 is 4.39 Å². The van der Waals surface area contributed by atoms with Gasteiger partial charge in [-0.3, -0.25) is 0 Å². The van der Waals surface area contributed by atoms with Gasteiger partial charge in [0.15, 0.2) is 0 Å². The first-order chi connectivity index (χ1) is 7.22. The van der Waals surface area contributed by atoms with E-state index in [2.05, 4.69) is 19.2 Å².